The summed E-state index contributed by atoms with van der Waals surface area (Å²) in [5, 5.41) is 1.40. The molecule has 4 unspecified atom stereocenters. The molecule has 1 fully saturated rings. The first-order chi connectivity index (χ1) is 17.7. The van der Waals surface area contributed by atoms with Crippen LogP contribution in [0.4, 0.5) is 0 Å². The Balaban J connectivity index is 0.000000591. The van der Waals surface area contributed by atoms with Gasteiger partial charge >= 0.3 is 5.97 Å². The molecule has 1 saturated heterocycles. The molecular weight excluding hydrogens is 535 g/mol. The molecule has 1 amide bonds. The summed E-state index contributed by atoms with van der Waals surface area (Å²) >= 11 is 11.6. The molecule has 2 aromatic carbocycles. The van der Waals surface area contributed by atoms with E-state index >= 15 is 0 Å². The zero-order valence-corrected chi connectivity index (χ0v) is 24.1. The first kappa shape index (κ1) is 31.2. The second-order valence-electron chi connectivity index (χ2n) is 8.89. The average Bonchev–Trinajstić information content (AvgIpc) is 2.88. The topological polar surface area (TPSA) is 76.2 Å². The largest absolute Gasteiger partial charge is 0.469 e. The van der Waals surface area contributed by atoms with Crippen LogP contribution >= 0.6 is 23.2 Å². The van der Waals surface area contributed by atoms with E-state index in [2.05, 4.69) is 0 Å². The molecule has 204 valence electrons. The van der Waals surface area contributed by atoms with E-state index in [0.29, 0.717) is 29.5 Å². The highest BCUT2D eigenvalue weighted by molar-refractivity contribution is 7.85. The number of halogens is 2. The van der Waals surface area contributed by atoms with Crippen molar-refractivity contribution in [3.63, 3.8) is 0 Å². The number of nitrogens with zero attached hydrogens (tertiary/aromatic N) is 2. The van der Waals surface area contributed by atoms with Gasteiger partial charge in [-0.1, -0.05) is 60.5 Å². The van der Waals surface area contributed by atoms with Gasteiger partial charge in [0, 0.05) is 44.9 Å². The van der Waals surface area contributed by atoms with Crippen LogP contribution in [0.2, 0.25) is 10.0 Å². The van der Waals surface area contributed by atoms with Gasteiger partial charge in [0.2, 0.25) is 0 Å². The van der Waals surface area contributed by atoms with Crippen LogP contribution in [0.5, 0.6) is 0 Å². The van der Waals surface area contributed by atoms with E-state index in [1.165, 1.54) is 7.11 Å². The lowest BCUT2D eigenvalue weighted by molar-refractivity contribution is -0.169. The van der Waals surface area contributed by atoms with E-state index in [0.717, 1.165) is 10.6 Å². The fraction of sp³-hybridized carbons (Fsp3) is 0.481. The number of methoxy groups -OCH3 is 1. The van der Waals surface area contributed by atoms with Crippen LogP contribution in [0, 0.1) is 0 Å². The molecule has 0 saturated carbocycles. The number of morpholine rings is 1. The van der Waals surface area contributed by atoms with Gasteiger partial charge in [-0.05, 0) is 50.3 Å². The summed E-state index contributed by atoms with van der Waals surface area (Å²) in [6.45, 7) is 2.94. The van der Waals surface area contributed by atoms with Gasteiger partial charge in [0.25, 0.3) is 5.91 Å². The van der Waals surface area contributed by atoms with Crippen LogP contribution in [0.1, 0.15) is 31.4 Å². The van der Waals surface area contributed by atoms with E-state index in [1.807, 2.05) is 68.4 Å². The number of hydrogen-bond donors (Lipinski definition) is 0. The zero-order valence-electron chi connectivity index (χ0n) is 21.8. The minimum atomic E-state index is -1.07. The Kier molecular flexibility index (Phi) is 13.6. The Labute approximate surface area is 232 Å². The minimum Gasteiger partial charge on any atom is -0.469 e. The molecule has 1 aliphatic heterocycles. The van der Waals surface area contributed by atoms with E-state index < -0.39 is 22.9 Å². The Hall–Kier alpha value is -1.97. The standard InChI is InChI=1S/C21H31ClN2O5S.C6H5Cl/c1-5-17(14-30(27)11-10-23(2)3)24-18(15-6-8-16(22)9-7-15)13-29-19(21(24)26)12-20(25)28-4;7-6-4-2-1-3-5-6/h6-9,17-19H,5,10-14H2,1-4H3;1-5H. The SMILES string of the molecule is CCC(CS(=O)CCN(C)C)N1C(=O)C(CC(=O)OC)OCC1c1ccc(Cl)cc1.Clc1ccccc1. The highest BCUT2D eigenvalue weighted by atomic mass is 35.5. The van der Waals surface area contributed by atoms with E-state index in [-0.39, 0.29) is 31.0 Å². The molecule has 7 nitrogen and oxygen atoms in total. The predicted molar refractivity (Wildman–Crippen MR) is 149 cm³/mol. The molecule has 2 aromatic rings. The van der Waals surface area contributed by atoms with Gasteiger partial charge < -0.3 is 19.3 Å². The van der Waals surface area contributed by atoms with Crippen molar-refractivity contribution in [2.45, 2.75) is 38.0 Å². The molecule has 1 aliphatic rings. The Bertz CT molecular complexity index is 1010. The number of carbonyl (C=O) groups excluding carboxylic acids is 2. The van der Waals surface area contributed by atoms with Crippen molar-refractivity contribution in [2.75, 3.05) is 45.9 Å². The predicted octanol–water partition coefficient (Wildman–Crippen LogP) is 4.60. The molecule has 0 bridgehead atoms. The quantitative estimate of drug-likeness (QED) is 0.388. The third kappa shape index (κ3) is 10.4. The minimum absolute atomic E-state index is 0.140. The van der Waals surface area contributed by atoms with Crippen molar-refractivity contribution in [3.05, 3.63) is 70.2 Å². The molecule has 0 N–H and O–H groups in total. The van der Waals surface area contributed by atoms with Gasteiger partial charge in [0.1, 0.15) is 6.10 Å². The van der Waals surface area contributed by atoms with Gasteiger partial charge in [-0.2, -0.15) is 0 Å². The second kappa shape index (κ2) is 16.1. The maximum absolute atomic E-state index is 13.3. The van der Waals surface area contributed by atoms with Crippen LogP contribution in [0.15, 0.2) is 54.6 Å². The monoisotopic (exact) mass is 570 g/mol. The van der Waals surface area contributed by atoms with Crippen molar-refractivity contribution in [1.82, 2.24) is 9.80 Å². The number of ether oxygens (including phenoxy) is 2. The summed E-state index contributed by atoms with van der Waals surface area (Å²) in [6, 6.07) is 16.2. The molecule has 0 spiro atoms. The van der Waals surface area contributed by atoms with Gasteiger partial charge in [0.15, 0.2) is 0 Å². The number of rotatable bonds is 10. The molecule has 0 aromatic heterocycles. The number of benzene rings is 2. The molecule has 1 heterocycles. The Morgan fingerprint density at radius 1 is 1.14 bits per heavy atom. The number of hydrogen-bond acceptors (Lipinski definition) is 6. The number of carbonyl (C=O) groups is 2. The van der Waals surface area contributed by atoms with E-state index in [1.54, 1.807) is 17.0 Å². The third-order valence-corrected chi connectivity index (χ3v) is 7.80. The van der Waals surface area contributed by atoms with Crippen molar-refractivity contribution >= 4 is 45.9 Å². The van der Waals surface area contributed by atoms with Gasteiger partial charge in [-0.3, -0.25) is 13.8 Å². The summed E-state index contributed by atoms with van der Waals surface area (Å²) in [5.41, 5.74) is 0.891. The summed E-state index contributed by atoms with van der Waals surface area (Å²) in [7, 11) is 4.09. The highest BCUT2D eigenvalue weighted by Crippen LogP contribution is 2.32. The average molecular weight is 572 g/mol. The molecule has 4 atom stereocenters. The van der Waals surface area contributed by atoms with Crippen LogP contribution < -0.4 is 0 Å². The summed E-state index contributed by atoms with van der Waals surface area (Å²) in [4.78, 5) is 28.8. The number of esters is 1. The van der Waals surface area contributed by atoms with Crippen LogP contribution in [-0.2, 0) is 29.9 Å². The van der Waals surface area contributed by atoms with Gasteiger partial charge in [0.05, 0.1) is 26.2 Å². The van der Waals surface area contributed by atoms with Crippen LogP contribution in [0.3, 0.4) is 0 Å². The molecule has 0 radical (unpaired) electrons. The molecule has 3 rings (SSSR count). The second-order valence-corrected chi connectivity index (χ2v) is 11.4. The van der Waals surface area contributed by atoms with Crippen molar-refractivity contribution in [2.24, 2.45) is 0 Å². The van der Waals surface area contributed by atoms with Gasteiger partial charge in [-0.25, -0.2) is 0 Å². The fourth-order valence-corrected chi connectivity index (χ4v) is 5.66. The lowest BCUT2D eigenvalue weighted by Crippen LogP contribution is -2.55. The maximum atomic E-state index is 13.3. The first-order valence-electron chi connectivity index (χ1n) is 12.1. The van der Waals surface area contributed by atoms with Crippen LogP contribution in [-0.4, -0.2) is 83.9 Å². The van der Waals surface area contributed by atoms with E-state index in [9.17, 15) is 13.8 Å². The molecule has 37 heavy (non-hydrogen) atoms. The molecule has 10 heteroatoms. The Morgan fingerprint density at radius 2 is 1.76 bits per heavy atom. The summed E-state index contributed by atoms with van der Waals surface area (Å²) < 4.78 is 23.2. The number of amides is 1. The molecular formula is C27H36Cl2N2O5S. The van der Waals surface area contributed by atoms with Crippen molar-refractivity contribution in [3.8, 4) is 0 Å². The normalized spacial score (nSPS) is 19.1. The smallest absolute Gasteiger partial charge is 0.308 e. The first-order valence-corrected chi connectivity index (χ1v) is 14.4. The van der Waals surface area contributed by atoms with Crippen molar-refractivity contribution in [1.29, 1.82) is 0 Å². The lowest BCUT2D eigenvalue weighted by Gasteiger charge is -2.43. The van der Waals surface area contributed by atoms with E-state index in [4.69, 9.17) is 32.7 Å². The summed E-state index contributed by atoms with van der Waals surface area (Å²) in [5.74, 6) is 0.147. The van der Waals surface area contributed by atoms with Crippen LogP contribution in [0.25, 0.3) is 0 Å². The maximum Gasteiger partial charge on any atom is 0.308 e. The third-order valence-electron chi connectivity index (χ3n) is 5.90. The highest BCUT2D eigenvalue weighted by Gasteiger charge is 2.41. The zero-order chi connectivity index (χ0) is 27.4. The van der Waals surface area contributed by atoms with Gasteiger partial charge in [-0.15, -0.1) is 0 Å². The lowest BCUT2D eigenvalue weighted by atomic mass is 9.99. The molecule has 0 aliphatic carbocycles. The van der Waals surface area contributed by atoms with Crippen molar-refractivity contribution < 1.29 is 23.3 Å². The fourth-order valence-electron chi connectivity index (χ4n) is 3.83. The Morgan fingerprint density at radius 3 is 2.27 bits per heavy atom. The summed E-state index contributed by atoms with van der Waals surface area (Å²) in [6.07, 6.45) is -0.390.